The zero-order chi connectivity index (χ0) is 15.0. The van der Waals surface area contributed by atoms with E-state index >= 15 is 0 Å². The van der Waals surface area contributed by atoms with Gasteiger partial charge in [-0.25, -0.2) is 13.2 Å². The van der Waals surface area contributed by atoms with Crippen LogP contribution in [-0.2, 0) is 4.79 Å². The van der Waals surface area contributed by atoms with Gasteiger partial charge in [-0.3, -0.25) is 4.79 Å². The summed E-state index contributed by atoms with van der Waals surface area (Å²) in [4.78, 5) is 12.1. The normalized spacial score (nSPS) is 12.4. The number of anilines is 1. The van der Waals surface area contributed by atoms with Crippen molar-refractivity contribution in [3.8, 4) is 0 Å². The Hall–Kier alpha value is -1.56. The van der Waals surface area contributed by atoms with E-state index < -0.39 is 34.3 Å². The molecule has 0 aromatic heterocycles. The van der Waals surface area contributed by atoms with Gasteiger partial charge in [-0.05, 0) is 27.7 Å². The summed E-state index contributed by atoms with van der Waals surface area (Å²) in [5.41, 5.74) is 3.91. The van der Waals surface area contributed by atoms with E-state index in [1.807, 2.05) is 0 Å². The average molecular weight is 274 g/mol. The number of nitrogens with one attached hydrogen (secondary N) is 1. The highest BCUT2D eigenvalue weighted by Gasteiger charge is 2.40. The smallest absolute Gasteiger partial charge is 0.231 e. The molecule has 0 saturated carbocycles. The second-order valence-corrected chi connectivity index (χ2v) is 5.55. The number of nitrogens with two attached hydrogens (primary N) is 1. The molecule has 0 aliphatic rings. The summed E-state index contributed by atoms with van der Waals surface area (Å²) in [6.07, 6.45) is 0. The minimum absolute atomic E-state index is 0.154. The highest BCUT2D eigenvalue weighted by atomic mass is 19.2. The van der Waals surface area contributed by atoms with Gasteiger partial charge in [0.2, 0.25) is 5.91 Å². The molecular formula is C13H17F3N2O. The van der Waals surface area contributed by atoms with E-state index in [0.717, 1.165) is 12.1 Å². The first-order valence-electron chi connectivity index (χ1n) is 5.71. The Morgan fingerprint density at radius 3 is 1.89 bits per heavy atom. The Bertz CT molecular complexity index is 484. The van der Waals surface area contributed by atoms with Gasteiger partial charge in [-0.1, -0.05) is 0 Å². The first-order chi connectivity index (χ1) is 8.46. The van der Waals surface area contributed by atoms with Crippen molar-refractivity contribution in [1.29, 1.82) is 0 Å². The maximum Gasteiger partial charge on any atom is 0.231 e. The Kier molecular flexibility index (Phi) is 3.95. The average Bonchev–Trinajstić information content (AvgIpc) is 2.24. The molecule has 6 heteroatoms. The third-order valence-corrected chi connectivity index (χ3v) is 3.42. The van der Waals surface area contributed by atoms with Gasteiger partial charge in [0.05, 0.1) is 5.41 Å². The molecule has 0 aliphatic heterocycles. The summed E-state index contributed by atoms with van der Waals surface area (Å²) in [5, 5.41) is 2.33. The molecule has 0 unspecified atom stereocenters. The van der Waals surface area contributed by atoms with Crippen LogP contribution in [0.5, 0.6) is 0 Å². The summed E-state index contributed by atoms with van der Waals surface area (Å²) >= 11 is 0. The van der Waals surface area contributed by atoms with E-state index in [-0.39, 0.29) is 5.69 Å². The summed E-state index contributed by atoms with van der Waals surface area (Å²) in [7, 11) is 0. The Labute approximate surface area is 110 Å². The molecule has 0 heterocycles. The standard InChI is InChI=1S/C13H17F3N2O/c1-12(2,13(3,4)17)11(19)18-7-5-8(14)10(16)9(15)6-7/h5-6H,17H2,1-4H3,(H,18,19). The predicted molar refractivity (Wildman–Crippen MR) is 67.0 cm³/mol. The maximum absolute atomic E-state index is 13.0. The van der Waals surface area contributed by atoms with Crippen molar-refractivity contribution in [1.82, 2.24) is 0 Å². The number of hydrogen-bond acceptors (Lipinski definition) is 2. The molecule has 19 heavy (non-hydrogen) atoms. The van der Waals surface area contributed by atoms with Crippen LogP contribution in [0.3, 0.4) is 0 Å². The largest absolute Gasteiger partial charge is 0.325 e. The monoisotopic (exact) mass is 274 g/mol. The number of benzene rings is 1. The molecule has 1 amide bonds. The van der Waals surface area contributed by atoms with E-state index in [0.29, 0.717) is 0 Å². The minimum atomic E-state index is -1.57. The zero-order valence-corrected chi connectivity index (χ0v) is 11.3. The maximum atomic E-state index is 13.0. The third kappa shape index (κ3) is 3.07. The fraction of sp³-hybridized carbons (Fsp3) is 0.462. The molecule has 0 spiro atoms. The molecule has 3 N–H and O–H groups in total. The van der Waals surface area contributed by atoms with Crippen molar-refractivity contribution < 1.29 is 18.0 Å². The predicted octanol–water partition coefficient (Wildman–Crippen LogP) is 2.81. The number of rotatable bonds is 3. The Balaban J connectivity index is 3.02. The summed E-state index contributed by atoms with van der Waals surface area (Å²) in [6, 6.07) is 1.44. The quantitative estimate of drug-likeness (QED) is 0.833. The third-order valence-electron chi connectivity index (χ3n) is 3.42. The molecule has 0 saturated heterocycles. The molecule has 106 valence electrons. The van der Waals surface area contributed by atoms with Crippen molar-refractivity contribution in [2.45, 2.75) is 33.2 Å². The second kappa shape index (κ2) is 4.85. The van der Waals surface area contributed by atoms with E-state index in [1.165, 1.54) is 0 Å². The van der Waals surface area contributed by atoms with Gasteiger partial charge in [-0.15, -0.1) is 0 Å². The first kappa shape index (κ1) is 15.5. The van der Waals surface area contributed by atoms with Gasteiger partial charge in [-0.2, -0.15) is 0 Å². The van der Waals surface area contributed by atoms with Crippen LogP contribution in [0, 0.1) is 22.9 Å². The number of halogens is 3. The second-order valence-electron chi connectivity index (χ2n) is 5.55. The van der Waals surface area contributed by atoms with Crippen molar-refractivity contribution >= 4 is 11.6 Å². The molecule has 0 aliphatic carbocycles. The zero-order valence-electron chi connectivity index (χ0n) is 11.3. The van der Waals surface area contributed by atoms with Crippen LogP contribution < -0.4 is 11.1 Å². The van der Waals surface area contributed by atoms with Crippen LogP contribution in [0.2, 0.25) is 0 Å². The van der Waals surface area contributed by atoms with Gasteiger partial charge in [0.1, 0.15) is 0 Å². The number of carbonyl (C=O) groups is 1. The van der Waals surface area contributed by atoms with Crippen molar-refractivity contribution in [2.75, 3.05) is 5.32 Å². The lowest BCUT2D eigenvalue weighted by molar-refractivity contribution is -0.126. The molecule has 0 radical (unpaired) electrons. The van der Waals surface area contributed by atoms with E-state index in [2.05, 4.69) is 5.32 Å². The molecular weight excluding hydrogens is 257 g/mol. The van der Waals surface area contributed by atoms with Crippen LogP contribution in [0.25, 0.3) is 0 Å². The molecule has 3 nitrogen and oxygen atoms in total. The van der Waals surface area contributed by atoms with Gasteiger partial charge >= 0.3 is 0 Å². The SMILES string of the molecule is CC(C)(N)C(C)(C)C(=O)Nc1cc(F)c(F)c(F)c1. The Morgan fingerprint density at radius 2 is 1.53 bits per heavy atom. The summed E-state index contributed by atoms with van der Waals surface area (Å²) in [5.74, 6) is -4.80. The van der Waals surface area contributed by atoms with Gasteiger partial charge in [0.25, 0.3) is 0 Å². The number of amides is 1. The number of carbonyl (C=O) groups excluding carboxylic acids is 1. The Morgan fingerprint density at radius 1 is 1.11 bits per heavy atom. The van der Waals surface area contributed by atoms with Gasteiger partial charge < -0.3 is 11.1 Å². The van der Waals surface area contributed by atoms with Crippen LogP contribution in [0.4, 0.5) is 18.9 Å². The summed E-state index contributed by atoms with van der Waals surface area (Å²) in [6.45, 7) is 6.55. The molecule has 0 fully saturated rings. The minimum Gasteiger partial charge on any atom is -0.325 e. The highest BCUT2D eigenvalue weighted by Crippen LogP contribution is 2.30. The molecule has 1 rings (SSSR count). The van der Waals surface area contributed by atoms with E-state index in [1.54, 1.807) is 27.7 Å². The van der Waals surface area contributed by atoms with Crippen molar-refractivity contribution in [2.24, 2.45) is 11.1 Å². The fourth-order valence-electron chi connectivity index (χ4n) is 1.21. The van der Waals surface area contributed by atoms with Crippen molar-refractivity contribution in [3.63, 3.8) is 0 Å². The van der Waals surface area contributed by atoms with Crippen LogP contribution in [-0.4, -0.2) is 11.4 Å². The van der Waals surface area contributed by atoms with Crippen LogP contribution >= 0.6 is 0 Å². The molecule has 0 atom stereocenters. The van der Waals surface area contributed by atoms with E-state index in [4.69, 9.17) is 5.73 Å². The van der Waals surface area contributed by atoms with Crippen LogP contribution in [0.15, 0.2) is 12.1 Å². The lowest BCUT2D eigenvalue weighted by atomic mass is 9.74. The lowest BCUT2D eigenvalue weighted by Crippen LogP contribution is -2.53. The van der Waals surface area contributed by atoms with Crippen molar-refractivity contribution in [3.05, 3.63) is 29.6 Å². The molecule has 1 aromatic rings. The number of hydrogen-bond donors (Lipinski definition) is 2. The molecule has 0 bridgehead atoms. The van der Waals surface area contributed by atoms with E-state index in [9.17, 15) is 18.0 Å². The first-order valence-corrected chi connectivity index (χ1v) is 5.71. The lowest BCUT2D eigenvalue weighted by Gasteiger charge is -2.36. The highest BCUT2D eigenvalue weighted by molar-refractivity contribution is 5.95. The molecule has 1 aromatic carbocycles. The fourth-order valence-corrected chi connectivity index (χ4v) is 1.21. The van der Waals surface area contributed by atoms with Gasteiger partial charge in [0.15, 0.2) is 17.5 Å². The summed E-state index contributed by atoms with van der Waals surface area (Å²) < 4.78 is 38.8. The van der Waals surface area contributed by atoms with Crippen LogP contribution in [0.1, 0.15) is 27.7 Å². The topological polar surface area (TPSA) is 55.1 Å². The van der Waals surface area contributed by atoms with Gasteiger partial charge in [0, 0.05) is 23.4 Å².